The molecule has 0 aromatic heterocycles. The number of allylic oxidation sites excluding steroid dienone is 3. The van der Waals surface area contributed by atoms with Gasteiger partial charge in [-0.3, -0.25) is 0 Å². The fourth-order valence-electron chi connectivity index (χ4n) is 3.42. The van der Waals surface area contributed by atoms with Crippen molar-refractivity contribution in [1.29, 1.82) is 0 Å². The lowest BCUT2D eigenvalue weighted by Crippen LogP contribution is -2.23. The molecule has 4 rings (SSSR count). The zero-order chi connectivity index (χ0) is 28.5. The van der Waals surface area contributed by atoms with Crippen LogP contribution in [0.25, 0.3) is 17.2 Å². The first-order chi connectivity index (χ1) is 18.3. The molecule has 3 aromatic carbocycles. The number of terminal acetylenes is 1. The van der Waals surface area contributed by atoms with Crippen molar-refractivity contribution < 1.29 is 14.3 Å². The van der Waals surface area contributed by atoms with E-state index >= 15 is 0 Å². The van der Waals surface area contributed by atoms with Gasteiger partial charge in [0.25, 0.3) is 0 Å². The van der Waals surface area contributed by atoms with Crippen LogP contribution in [0.4, 0.5) is 15.8 Å². The van der Waals surface area contributed by atoms with Crippen LogP contribution in [0, 0.1) is 18.7 Å². The van der Waals surface area contributed by atoms with Crippen molar-refractivity contribution in [1.82, 2.24) is 0 Å². The van der Waals surface area contributed by atoms with Gasteiger partial charge >= 0.3 is 0 Å². The molecule has 1 N–H and O–H groups in total. The fraction of sp³-hybridized carbons (Fsp3) is 0.242. The van der Waals surface area contributed by atoms with E-state index in [1.807, 2.05) is 63.5 Å². The van der Waals surface area contributed by atoms with Gasteiger partial charge < -0.3 is 19.7 Å². The third-order valence-corrected chi connectivity index (χ3v) is 5.63. The number of nitrogens with zero attached hydrogens (tertiary/aromatic N) is 2. The van der Waals surface area contributed by atoms with Crippen molar-refractivity contribution in [3.63, 3.8) is 0 Å². The minimum absolute atomic E-state index is 0.328. The summed E-state index contributed by atoms with van der Waals surface area (Å²) in [6, 6.07) is 20.9. The van der Waals surface area contributed by atoms with Crippen LogP contribution in [0.1, 0.15) is 44.0 Å². The number of anilines is 2. The van der Waals surface area contributed by atoms with Crippen molar-refractivity contribution in [3.8, 4) is 24.0 Å². The Hall–Kier alpha value is -4.14. The van der Waals surface area contributed by atoms with Crippen LogP contribution in [0.3, 0.4) is 0 Å². The van der Waals surface area contributed by atoms with Gasteiger partial charge in [-0.05, 0) is 73.7 Å². The quantitative estimate of drug-likeness (QED) is 0.160. The Morgan fingerprint density at radius 3 is 1.74 bits per heavy atom. The number of halogens is 1. The van der Waals surface area contributed by atoms with E-state index in [4.69, 9.17) is 4.79 Å². The molecule has 1 aliphatic carbocycles. The maximum atomic E-state index is 14.0. The van der Waals surface area contributed by atoms with Crippen molar-refractivity contribution in [3.05, 3.63) is 102 Å². The van der Waals surface area contributed by atoms with E-state index in [0.717, 1.165) is 34.2 Å². The summed E-state index contributed by atoms with van der Waals surface area (Å²) in [6.07, 6.45) is 18.6. The number of aldehydes is 1. The van der Waals surface area contributed by atoms with E-state index in [1.165, 1.54) is 31.9 Å². The largest absolute Gasteiger partial charge is 0.378 e. The molecule has 1 aliphatic rings. The summed E-state index contributed by atoms with van der Waals surface area (Å²) in [5.41, 5.74) is 5.47. The lowest BCUT2D eigenvalue weighted by molar-refractivity contribution is -0.106. The van der Waals surface area contributed by atoms with E-state index in [2.05, 4.69) is 54.2 Å². The summed E-state index contributed by atoms with van der Waals surface area (Å²) in [4.78, 5) is 12.5. The number of carbonyl (C=O) groups is 1. The summed E-state index contributed by atoms with van der Waals surface area (Å²) in [7, 11) is 5.79. The number of hydrogen-bond acceptors (Lipinski definition) is 4. The molecular formula is C33H39FN2O2. The first-order valence-electron chi connectivity index (χ1n) is 12.4. The Balaban J connectivity index is 0.000000693. The van der Waals surface area contributed by atoms with Gasteiger partial charge in [0, 0.05) is 38.1 Å². The summed E-state index contributed by atoms with van der Waals surface area (Å²) in [5, 5.41) is 10.8. The van der Waals surface area contributed by atoms with Crippen LogP contribution >= 0.6 is 0 Å². The second-order valence-corrected chi connectivity index (χ2v) is 8.58. The molecule has 0 bridgehead atoms. The maximum absolute atomic E-state index is 14.0. The minimum atomic E-state index is -0.875. The second kappa shape index (κ2) is 17.3. The standard InChI is InChI=1S/C25H27FN2O.C4H6.C2H4O.C2H2/c1-5-6-18-15-22(26)17-24(16-18)28(4)25(29)21-9-7-19(8-10-21)20-11-13-23(14-12-20)27(2)3;1-2-4-3-1;1-2-3;1-2/h5-17,25,29H,1-4H3;1-2H,3-4H2;2H,1H3;1-2H/b6-5+;;;. The molecule has 3 aromatic rings. The van der Waals surface area contributed by atoms with Gasteiger partial charge in [0.05, 0.1) is 0 Å². The summed E-state index contributed by atoms with van der Waals surface area (Å²) >= 11 is 0. The number of aliphatic hydroxyl groups excluding tert-OH is 1. The predicted molar refractivity (Wildman–Crippen MR) is 161 cm³/mol. The Morgan fingerprint density at radius 1 is 0.842 bits per heavy atom. The summed E-state index contributed by atoms with van der Waals surface area (Å²) in [6.45, 7) is 3.33. The Morgan fingerprint density at radius 2 is 1.32 bits per heavy atom. The van der Waals surface area contributed by atoms with Crippen molar-refractivity contribution in [2.45, 2.75) is 32.9 Å². The molecule has 0 heterocycles. The summed E-state index contributed by atoms with van der Waals surface area (Å²) < 4.78 is 14.0. The molecule has 200 valence electrons. The van der Waals surface area contributed by atoms with Gasteiger partial charge in [0.15, 0.2) is 6.23 Å². The van der Waals surface area contributed by atoms with Crippen molar-refractivity contribution >= 4 is 23.7 Å². The van der Waals surface area contributed by atoms with E-state index in [0.29, 0.717) is 5.69 Å². The Bertz CT molecular complexity index is 1170. The molecule has 0 spiro atoms. The average Bonchev–Trinajstić information content (AvgIpc) is 2.88. The highest BCUT2D eigenvalue weighted by Gasteiger charge is 2.15. The van der Waals surface area contributed by atoms with Gasteiger partial charge in [-0.15, -0.1) is 12.8 Å². The molecule has 1 atom stereocenters. The topological polar surface area (TPSA) is 43.8 Å². The van der Waals surface area contributed by atoms with Crippen molar-refractivity contribution in [2.75, 3.05) is 30.9 Å². The number of benzene rings is 3. The van der Waals surface area contributed by atoms with E-state index < -0.39 is 6.23 Å². The summed E-state index contributed by atoms with van der Waals surface area (Å²) in [5.74, 6) is -0.328. The highest BCUT2D eigenvalue weighted by atomic mass is 19.1. The zero-order valence-electron chi connectivity index (χ0n) is 23.0. The van der Waals surface area contributed by atoms with E-state index in [1.54, 1.807) is 11.9 Å². The third kappa shape index (κ3) is 10.1. The Labute approximate surface area is 227 Å². The fourth-order valence-corrected chi connectivity index (χ4v) is 3.42. The van der Waals surface area contributed by atoms with Crippen LogP contribution in [0.5, 0.6) is 0 Å². The van der Waals surface area contributed by atoms with Gasteiger partial charge in [0.2, 0.25) is 0 Å². The number of hydrogen-bond donors (Lipinski definition) is 1. The normalized spacial score (nSPS) is 11.8. The molecule has 0 radical (unpaired) electrons. The number of carbonyl (C=O) groups excluding carboxylic acids is 1. The van der Waals surface area contributed by atoms with Crippen LogP contribution in [-0.4, -0.2) is 32.5 Å². The molecule has 0 aliphatic heterocycles. The Kier molecular flexibility index (Phi) is 14.6. The van der Waals surface area contributed by atoms with Gasteiger partial charge in [0.1, 0.15) is 12.1 Å². The van der Waals surface area contributed by atoms with Crippen LogP contribution in [0.15, 0.2) is 85.0 Å². The number of rotatable bonds is 6. The van der Waals surface area contributed by atoms with E-state index in [9.17, 15) is 9.50 Å². The molecule has 1 unspecified atom stereocenters. The highest BCUT2D eigenvalue weighted by molar-refractivity contribution is 5.67. The monoisotopic (exact) mass is 514 g/mol. The molecule has 0 fully saturated rings. The molecule has 5 heteroatoms. The molecule has 0 amide bonds. The molecule has 38 heavy (non-hydrogen) atoms. The highest BCUT2D eigenvalue weighted by Crippen LogP contribution is 2.28. The third-order valence-electron chi connectivity index (χ3n) is 5.63. The minimum Gasteiger partial charge on any atom is -0.378 e. The van der Waals surface area contributed by atoms with Crippen LogP contribution < -0.4 is 9.80 Å². The lowest BCUT2D eigenvalue weighted by Gasteiger charge is -2.26. The predicted octanol–water partition coefficient (Wildman–Crippen LogP) is 7.51. The first kappa shape index (κ1) is 31.9. The zero-order valence-corrected chi connectivity index (χ0v) is 23.0. The van der Waals surface area contributed by atoms with Gasteiger partial charge in [-0.1, -0.05) is 60.7 Å². The first-order valence-corrected chi connectivity index (χ1v) is 12.4. The molecular weight excluding hydrogens is 475 g/mol. The molecule has 0 saturated heterocycles. The van der Waals surface area contributed by atoms with Gasteiger partial charge in [-0.2, -0.15) is 0 Å². The van der Waals surface area contributed by atoms with Gasteiger partial charge in [-0.25, -0.2) is 4.39 Å². The molecule has 4 nitrogen and oxygen atoms in total. The number of aliphatic hydroxyl groups is 1. The average molecular weight is 515 g/mol. The van der Waals surface area contributed by atoms with Crippen LogP contribution in [0.2, 0.25) is 0 Å². The van der Waals surface area contributed by atoms with E-state index in [-0.39, 0.29) is 5.82 Å². The maximum Gasteiger partial charge on any atom is 0.153 e. The smallest absolute Gasteiger partial charge is 0.153 e. The molecule has 0 saturated carbocycles. The SMILES string of the molecule is C#C.C/C=C/c1cc(F)cc(N(C)C(O)c2ccc(-c3ccc(N(C)C)cc3)cc2)c1.C1=CCC1.CC=O. The lowest BCUT2D eigenvalue weighted by atomic mass is 10.0. The van der Waals surface area contributed by atoms with Crippen LogP contribution in [-0.2, 0) is 4.79 Å². The van der Waals surface area contributed by atoms with Crippen molar-refractivity contribution in [2.24, 2.45) is 0 Å². The second-order valence-electron chi connectivity index (χ2n) is 8.58.